The van der Waals surface area contributed by atoms with Crippen molar-refractivity contribution in [2.45, 2.75) is 20.8 Å². The Hall–Kier alpha value is -2.31. The van der Waals surface area contributed by atoms with Crippen molar-refractivity contribution in [3.8, 4) is 0 Å². The van der Waals surface area contributed by atoms with Crippen molar-refractivity contribution in [2.75, 3.05) is 31.1 Å². The fraction of sp³-hybridized carbons (Fsp3) is 0.333. The van der Waals surface area contributed by atoms with E-state index in [9.17, 15) is 9.18 Å². The Kier molecular flexibility index (Phi) is 6.19. The minimum absolute atomic E-state index is 0.225. The number of thiazole rings is 1. The van der Waals surface area contributed by atoms with E-state index in [0.29, 0.717) is 17.2 Å². The average molecular weight is 386 g/mol. The molecule has 2 aromatic carbocycles. The van der Waals surface area contributed by atoms with Crippen LogP contribution in [0.25, 0.3) is 10.2 Å². The first-order valence-corrected chi connectivity index (χ1v) is 10.0. The van der Waals surface area contributed by atoms with Gasteiger partial charge in [0, 0.05) is 18.7 Å². The first-order valence-electron chi connectivity index (χ1n) is 9.18. The summed E-state index contributed by atoms with van der Waals surface area (Å²) in [6.07, 6.45) is 0. The molecule has 3 aromatic rings. The third-order valence-electron chi connectivity index (χ3n) is 4.61. The van der Waals surface area contributed by atoms with Gasteiger partial charge in [-0.3, -0.25) is 9.69 Å². The van der Waals surface area contributed by atoms with Crippen molar-refractivity contribution < 1.29 is 9.18 Å². The van der Waals surface area contributed by atoms with Crippen LogP contribution in [0, 0.1) is 12.7 Å². The number of nitrogens with zero attached hydrogens (tertiary/aromatic N) is 3. The summed E-state index contributed by atoms with van der Waals surface area (Å²) in [5, 5.41) is 0.650. The van der Waals surface area contributed by atoms with E-state index < -0.39 is 5.82 Å². The second kappa shape index (κ2) is 8.59. The summed E-state index contributed by atoms with van der Waals surface area (Å²) in [6.45, 7) is 9.31. The Balaban J connectivity index is 1.96. The number of likely N-dealkylation sites (N-methyl/N-ethyl adjacent to an activating group) is 1. The summed E-state index contributed by atoms with van der Waals surface area (Å²) in [5.41, 5.74) is 2.37. The van der Waals surface area contributed by atoms with E-state index in [4.69, 9.17) is 0 Å². The quantitative estimate of drug-likeness (QED) is 0.590. The van der Waals surface area contributed by atoms with Crippen LogP contribution < -0.4 is 4.90 Å². The van der Waals surface area contributed by atoms with Crippen LogP contribution in [0.15, 0.2) is 42.5 Å². The summed E-state index contributed by atoms with van der Waals surface area (Å²) < 4.78 is 14.7. The molecule has 0 bridgehead atoms. The lowest BCUT2D eigenvalue weighted by molar-refractivity contribution is 0.0983. The molecule has 0 N–H and O–H groups in total. The normalized spacial score (nSPS) is 11.3. The van der Waals surface area contributed by atoms with E-state index in [1.165, 1.54) is 23.5 Å². The molecule has 1 amide bonds. The van der Waals surface area contributed by atoms with Gasteiger partial charge in [-0.2, -0.15) is 0 Å². The van der Waals surface area contributed by atoms with E-state index in [1.807, 2.05) is 19.1 Å². The Morgan fingerprint density at radius 1 is 1.11 bits per heavy atom. The molecular weight excluding hydrogens is 361 g/mol. The molecule has 0 unspecified atom stereocenters. The monoisotopic (exact) mass is 385 g/mol. The number of carbonyl (C=O) groups excluding carboxylic acids is 1. The highest BCUT2D eigenvalue weighted by molar-refractivity contribution is 7.22. The number of hydrogen-bond acceptors (Lipinski definition) is 4. The Morgan fingerprint density at radius 2 is 1.89 bits per heavy atom. The molecule has 1 aromatic heterocycles. The molecule has 0 aliphatic heterocycles. The van der Waals surface area contributed by atoms with Crippen LogP contribution in [-0.4, -0.2) is 42.0 Å². The maximum absolute atomic E-state index is 13.6. The number of aryl methyl sites for hydroxylation is 1. The minimum atomic E-state index is -0.413. The number of aromatic nitrogens is 1. The summed E-state index contributed by atoms with van der Waals surface area (Å²) in [5.74, 6) is -0.637. The summed E-state index contributed by atoms with van der Waals surface area (Å²) in [6, 6.07) is 11.9. The van der Waals surface area contributed by atoms with Crippen LogP contribution in [0.2, 0.25) is 0 Å². The molecule has 142 valence electrons. The zero-order chi connectivity index (χ0) is 19.4. The number of amides is 1. The molecule has 0 fully saturated rings. The largest absolute Gasteiger partial charge is 0.302 e. The van der Waals surface area contributed by atoms with Gasteiger partial charge < -0.3 is 4.90 Å². The molecule has 0 aliphatic carbocycles. The van der Waals surface area contributed by atoms with Crippen molar-refractivity contribution in [3.05, 3.63) is 59.4 Å². The second-order valence-electron chi connectivity index (χ2n) is 6.46. The Morgan fingerprint density at radius 3 is 2.59 bits per heavy atom. The zero-order valence-electron chi connectivity index (χ0n) is 15.9. The van der Waals surface area contributed by atoms with Crippen LogP contribution in [0.4, 0.5) is 9.52 Å². The molecular formula is C21H24FN3OS. The SMILES string of the molecule is CCN(CC)CCN(C(=O)c1cccc(F)c1)c1nc2ccc(C)cc2s1. The van der Waals surface area contributed by atoms with Crippen molar-refractivity contribution >= 4 is 32.6 Å². The van der Waals surface area contributed by atoms with Crippen LogP contribution in [-0.2, 0) is 0 Å². The van der Waals surface area contributed by atoms with Crippen LogP contribution >= 0.6 is 11.3 Å². The van der Waals surface area contributed by atoms with Crippen LogP contribution in [0.5, 0.6) is 0 Å². The minimum Gasteiger partial charge on any atom is -0.302 e. The van der Waals surface area contributed by atoms with Crippen molar-refractivity contribution in [3.63, 3.8) is 0 Å². The predicted octanol–water partition coefficient (Wildman–Crippen LogP) is 4.73. The third kappa shape index (κ3) is 4.51. The molecule has 27 heavy (non-hydrogen) atoms. The highest BCUT2D eigenvalue weighted by Crippen LogP contribution is 2.30. The Labute approximate surface area is 163 Å². The van der Waals surface area contributed by atoms with Crippen LogP contribution in [0.1, 0.15) is 29.8 Å². The lowest BCUT2D eigenvalue weighted by Crippen LogP contribution is -2.38. The standard InChI is InChI=1S/C21H24FN3OS/c1-4-24(5-2)11-12-25(20(26)16-7-6-8-17(22)14-16)21-23-18-10-9-15(3)13-19(18)27-21/h6-10,13-14H,4-5,11-12H2,1-3H3. The molecule has 3 rings (SSSR count). The lowest BCUT2D eigenvalue weighted by Gasteiger charge is -2.24. The van der Waals surface area contributed by atoms with Gasteiger partial charge in [-0.15, -0.1) is 0 Å². The first-order chi connectivity index (χ1) is 13.0. The molecule has 0 aliphatic rings. The zero-order valence-corrected chi connectivity index (χ0v) is 16.7. The van der Waals surface area contributed by atoms with E-state index in [0.717, 1.165) is 35.4 Å². The van der Waals surface area contributed by atoms with Gasteiger partial charge in [0.1, 0.15) is 5.82 Å². The smallest absolute Gasteiger partial charge is 0.260 e. The molecule has 0 saturated carbocycles. The van der Waals surface area contributed by atoms with Gasteiger partial charge in [-0.25, -0.2) is 9.37 Å². The lowest BCUT2D eigenvalue weighted by atomic mass is 10.2. The number of fused-ring (bicyclic) bond motifs is 1. The average Bonchev–Trinajstić information content (AvgIpc) is 3.07. The molecule has 6 heteroatoms. The number of halogens is 1. The van der Waals surface area contributed by atoms with Gasteiger partial charge in [-0.1, -0.05) is 37.3 Å². The van der Waals surface area contributed by atoms with E-state index >= 15 is 0 Å². The van der Waals surface area contributed by atoms with Gasteiger partial charge in [0.15, 0.2) is 5.13 Å². The summed E-state index contributed by atoms with van der Waals surface area (Å²) in [7, 11) is 0. The van der Waals surface area contributed by atoms with Crippen LogP contribution in [0.3, 0.4) is 0 Å². The molecule has 0 atom stereocenters. The maximum Gasteiger partial charge on any atom is 0.260 e. The first kappa shape index (κ1) is 19.5. The van der Waals surface area contributed by atoms with Crippen molar-refractivity contribution in [1.82, 2.24) is 9.88 Å². The molecule has 0 radical (unpaired) electrons. The highest BCUT2D eigenvalue weighted by Gasteiger charge is 2.22. The summed E-state index contributed by atoms with van der Waals surface area (Å²) >= 11 is 1.50. The third-order valence-corrected chi connectivity index (χ3v) is 5.66. The fourth-order valence-electron chi connectivity index (χ4n) is 2.98. The van der Waals surface area contributed by atoms with E-state index in [-0.39, 0.29) is 5.91 Å². The van der Waals surface area contributed by atoms with E-state index in [1.54, 1.807) is 17.0 Å². The highest BCUT2D eigenvalue weighted by atomic mass is 32.1. The molecule has 0 saturated heterocycles. The molecule has 4 nitrogen and oxygen atoms in total. The van der Waals surface area contributed by atoms with Gasteiger partial charge in [0.2, 0.25) is 0 Å². The Bertz CT molecular complexity index is 936. The van der Waals surface area contributed by atoms with Crippen molar-refractivity contribution in [1.29, 1.82) is 0 Å². The molecule has 1 heterocycles. The fourth-order valence-corrected chi connectivity index (χ4v) is 4.07. The number of carbonyl (C=O) groups is 1. The summed E-state index contributed by atoms with van der Waals surface area (Å²) in [4.78, 5) is 21.7. The second-order valence-corrected chi connectivity index (χ2v) is 7.47. The molecule has 0 spiro atoms. The topological polar surface area (TPSA) is 36.4 Å². The number of anilines is 1. The van der Waals surface area contributed by atoms with Crippen molar-refractivity contribution in [2.24, 2.45) is 0 Å². The maximum atomic E-state index is 13.6. The predicted molar refractivity (Wildman–Crippen MR) is 110 cm³/mol. The van der Waals surface area contributed by atoms with Gasteiger partial charge in [0.25, 0.3) is 5.91 Å². The number of benzene rings is 2. The number of rotatable bonds is 7. The van der Waals surface area contributed by atoms with Gasteiger partial charge in [-0.05, 0) is 55.9 Å². The van der Waals surface area contributed by atoms with Gasteiger partial charge in [0.05, 0.1) is 10.2 Å². The number of hydrogen-bond donors (Lipinski definition) is 0. The van der Waals surface area contributed by atoms with Gasteiger partial charge >= 0.3 is 0 Å². The van der Waals surface area contributed by atoms with E-state index in [2.05, 4.69) is 29.8 Å².